The van der Waals surface area contributed by atoms with Crippen LogP contribution >= 0.6 is 0 Å². The number of carbonyl (C=O) groups excluding carboxylic acids is 1. The van der Waals surface area contributed by atoms with E-state index in [4.69, 9.17) is 0 Å². The predicted molar refractivity (Wildman–Crippen MR) is 78.1 cm³/mol. The number of nitrogens with one attached hydrogen (secondary N) is 1. The minimum absolute atomic E-state index is 0.274. The Kier molecular flexibility index (Phi) is 5.64. The molecular formula is C15H29N3O. The number of hydrogen-bond donors (Lipinski definition) is 1. The topological polar surface area (TPSA) is 35.6 Å². The fourth-order valence-electron chi connectivity index (χ4n) is 3.22. The van der Waals surface area contributed by atoms with Crippen molar-refractivity contribution in [3.05, 3.63) is 0 Å². The summed E-state index contributed by atoms with van der Waals surface area (Å²) in [6.45, 7) is 6.53. The fraction of sp³-hybridized carbons (Fsp3) is 0.933. The van der Waals surface area contributed by atoms with Crippen LogP contribution in [0, 0.1) is 5.92 Å². The summed E-state index contributed by atoms with van der Waals surface area (Å²) in [5, 5.41) is 3.46. The van der Waals surface area contributed by atoms with Crippen LogP contribution in [0.5, 0.6) is 0 Å². The Labute approximate surface area is 117 Å². The van der Waals surface area contributed by atoms with Gasteiger partial charge in [-0.25, -0.2) is 0 Å². The molecule has 1 N–H and O–H groups in total. The molecule has 0 bridgehead atoms. The van der Waals surface area contributed by atoms with Crippen molar-refractivity contribution in [3.63, 3.8) is 0 Å². The van der Waals surface area contributed by atoms with E-state index in [-0.39, 0.29) is 5.91 Å². The van der Waals surface area contributed by atoms with Gasteiger partial charge in [0.05, 0.1) is 6.54 Å². The Hall–Kier alpha value is -0.610. The second-order valence-corrected chi connectivity index (χ2v) is 6.25. The van der Waals surface area contributed by atoms with Crippen LogP contribution < -0.4 is 5.32 Å². The van der Waals surface area contributed by atoms with Crippen molar-refractivity contribution >= 4 is 5.91 Å². The Balaban J connectivity index is 1.67. The lowest BCUT2D eigenvalue weighted by atomic mass is 9.84. The zero-order chi connectivity index (χ0) is 13.7. The smallest absolute Gasteiger partial charge is 0.236 e. The average Bonchev–Trinajstić information content (AvgIpc) is 2.46. The molecule has 110 valence electrons. The molecule has 1 saturated carbocycles. The summed E-state index contributed by atoms with van der Waals surface area (Å²) < 4.78 is 0. The quantitative estimate of drug-likeness (QED) is 0.834. The minimum atomic E-state index is 0.274. The van der Waals surface area contributed by atoms with E-state index in [0.717, 1.165) is 32.1 Å². The van der Waals surface area contributed by atoms with E-state index in [1.54, 1.807) is 0 Å². The molecule has 1 amide bonds. The summed E-state index contributed by atoms with van der Waals surface area (Å²) in [6.07, 6.45) is 6.78. The van der Waals surface area contributed by atoms with Gasteiger partial charge in [0, 0.05) is 32.2 Å². The molecule has 4 heteroatoms. The molecule has 2 aliphatic rings. The molecule has 2 fully saturated rings. The first-order valence-electron chi connectivity index (χ1n) is 7.86. The van der Waals surface area contributed by atoms with Crippen molar-refractivity contribution in [2.75, 3.05) is 39.8 Å². The number of nitrogens with zero attached hydrogens (tertiary/aromatic N) is 2. The lowest BCUT2D eigenvalue weighted by molar-refractivity contribution is -0.132. The van der Waals surface area contributed by atoms with Crippen LogP contribution in [0.3, 0.4) is 0 Å². The lowest BCUT2D eigenvalue weighted by Crippen LogP contribution is -2.50. The van der Waals surface area contributed by atoms with Gasteiger partial charge in [-0.3, -0.25) is 4.79 Å². The maximum atomic E-state index is 12.1. The second kappa shape index (κ2) is 7.25. The van der Waals surface area contributed by atoms with Crippen molar-refractivity contribution < 1.29 is 4.79 Å². The number of likely N-dealkylation sites (N-methyl/N-ethyl adjacent to an activating group) is 1. The third-order valence-corrected chi connectivity index (χ3v) is 4.79. The molecule has 19 heavy (non-hydrogen) atoms. The van der Waals surface area contributed by atoms with Gasteiger partial charge in [-0.1, -0.05) is 19.3 Å². The van der Waals surface area contributed by atoms with Crippen LogP contribution in [0.2, 0.25) is 0 Å². The maximum Gasteiger partial charge on any atom is 0.236 e. The molecule has 1 saturated heterocycles. The van der Waals surface area contributed by atoms with Gasteiger partial charge in [0.1, 0.15) is 0 Å². The van der Waals surface area contributed by atoms with Crippen molar-refractivity contribution in [2.24, 2.45) is 5.92 Å². The van der Waals surface area contributed by atoms with Crippen molar-refractivity contribution in [1.82, 2.24) is 15.1 Å². The number of carbonyl (C=O) groups is 1. The average molecular weight is 267 g/mol. The van der Waals surface area contributed by atoms with E-state index in [2.05, 4.69) is 24.2 Å². The molecule has 1 aliphatic carbocycles. The van der Waals surface area contributed by atoms with Crippen LogP contribution in [0.1, 0.15) is 39.0 Å². The van der Waals surface area contributed by atoms with Crippen LogP contribution in [0.25, 0.3) is 0 Å². The Bertz CT molecular complexity index is 281. The summed E-state index contributed by atoms with van der Waals surface area (Å²) in [6, 6.07) is 0.483. The molecule has 4 nitrogen and oxygen atoms in total. The van der Waals surface area contributed by atoms with Gasteiger partial charge in [0.25, 0.3) is 0 Å². The second-order valence-electron chi connectivity index (χ2n) is 6.25. The molecule has 0 unspecified atom stereocenters. The van der Waals surface area contributed by atoms with E-state index in [0.29, 0.717) is 12.6 Å². The first kappa shape index (κ1) is 14.8. The van der Waals surface area contributed by atoms with Gasteiger partial charge in [-0.15, -0.1) is 0 Å². The molecule has 1 heterocycles. The predicted octanol–water partition coefficient (Wildman–Crippen LogP) is 1.32. The van der Waals surface area contributed by atoms with Crippen LogP contribution in [0.15, 0.2) is 0 Å². The van der Waals surface area contributed by atoms with Gasteiger partial charge in [0.15, 0.2) is 0 Å². The first-order valence-corrected chi connectivity index (χ1v) is 7.86. The molecule has 0 radical (unpaired) electrons. The molecule has 0 aromatic heterocycles. The third-order valence-electron chi connectivity index (χ3n) is 4.79. The first-order chi connectivity index (χ1) is 9.16. The summed E-state index contributed by atoms with van der Waals surface area (Å²) in [5.74, 6) is 1.05. The summed E-state index contributed by atoms with van der Waals surface area (Å²) >= 11 is 0. The number of piperazine rings is 1. The molecule has 0 spiro atoms. The highest BCUT2D eigenvalue weighted by Gasteiger charge is 2.22. The lowest BCUT2D eigenvalue weighted by Gasteiger charge is -2.33. The van der Waals surface area contributed by atoms with Gasteiger partial charge in [-0.2, -0.15) is 0 Å². The molecule has 1 aliphatic heterocycles. The van der Waals surface area contributed by atoms with Crippen molar-refractivity contribution in [1.29, 1.82) is 0 Å². The van der Waals surface area contributed by atoms with Crippen LogP contribution in [-0.4, -0.2) is 61.5 Å². The molecule has 1 atom stereocenters. The fourth-order valence-corrected chi connectivity index (χ4v) is 3.22. The monoisotopic (exact) mass is 267 g/mol. The molecule has 0 aromatic rings. The van der Waals surface area contributed by atoms with Gasteiger partial charge < -0.3 is 15.1 Å². The third kappa shape index (κ3) is 4.46. The highest BCUT2D eigenvalue weighted by Crippen LogP contribution is 2.26. The summed E-state index contributed by atoms with van der Waals surface area (Å²) in [5.41, 5.74) is 0. The van der Waals surface area contributed by atoms with E-state index in [1.165, 1.54) is 32.1 Å². The zero-order valence-electron chi connectivity index (χ0n) is 12.5. The molecule has 0 aromatic carbocycles. The Morgan fingerprint density at radius 3 is 2.42 bits per heavy atom. The molecular weight excluding hydrogens is 238 g/mol. The zero-order valence-corrected chi connectivity index (χ0v) is 12.5. The number of rotatable bonds is 4. The number of hydrogen-bond acceptors (Lipinski definition) is 3. The van der Waals surface area contributed by atoms with E-state index in [9.17, 15) is 4.79 Å². The van der Waals surface area contributed by atoms with Gasteiger partial charge in [-0.05, 0) is 32.7 Å². The normalized spacial score (nSPS) is 24.4. The SMILES string of the molecule is C[C@@H](NCC(=O)N1CCN(C)CC1)C1CCCCC1. The van der Waals surface area contributed by atoms with Crippen LogP contribution in [0.4, 0.5) is 0 Å². The largest absolute Gasteiger partial charge is 0.339 e. The maximum absolute atomic E-state index is 12.1. The van der Waals surface area contributed by atoms with E-state index in [1.807, 2.05) is 4.90 Å². The number of amides is 1. The van der Waals surface area contributed by atoms with Crippen LogP contribution in [-0.2, 0) is 4.79 Å². The van der Waals surface area contributed by atoms with E-state index < -0.39 is 0 Å². The summed E-state index contributed by atoms with van der Waals surface area (Å²) in [7, 11) is 2.12. The highest BCUT2D eigenvalue weighted by atomic mass is 16.2. The summed E-state index contributed by atoms with van der Waals surface area (Å²) in [4.78, 5) is 16.4. The molecule has 2 rings (SSSR count). The Morgan fingerprint density at radius 2 is 1.79 bits per heavy atom. The van der Waals surface area contributed by atoms with E-state index >= 15 is 0 Å². The minimum Gasteiger partial charge on any atom is -0.339 e. The van der Waals surface area contributed by atoms with Gasteiger partial charge in [0.2, 0.25) is 5.91 Å². The Morgan fingerprint density at radius 1 is 1.16 bits per heavy atom. The van der Waals surface area contributed by atoms with Gasteiger partial charge >= 0.3 is 0 Å². The van der Waals surface area contributed by atoms with Crippen molar-refractivity contribution in [3.8, 4) is 0 Å². The standard InChI is InChI=1S/C15H29N3O/c1-13(14-6-4-3-5-7-14)16-12-15(19)18-10-8-17(2)9-11-18/h13-14,16H,3-12H2,1-2H3/t13-/m1/s1. The van der Waals surface area contributed by atoms with Crippen molar-refractivity contribution in [2.45, 2.75) is 45.1 Å². The highest BCUT2D eigenvalue weighted by molar-refractivity contribution is 5.78.